The van der Waals surface area contributed by atoms with E-state index in [4.69, 9.17) is 4.98 Å². The molecule has 7 nitrogen and oxygen atoms in total. The molecule has 10 heteroatoms. The number of fused-ring (bicyclic) bond motifs is 1. The van der Waals surface area contributed by atoms with Crippen LogP contribution >= 0.6 is 23.7 Å². The molecule has 0 N–H and O–H groups in total. The Kier molecular flexibility index (Phi) is 9.39. The first-order valence-corrected chi connectivity index (χ1v) is 12.9. The van der Waals surface area contributed by atoms with Crippen LogP contribution in [0, 0.1) is 6.92 Å². The highest BCUT2D eigenvalue weighted by Gasteiger charge is 2.23. The van der Waals surface area contributed by atoms with Gasteiger partial charge in [0, 0.05) is 32.7 Å². The maximum absolute atomic E-state index is 13.5. The fraction of sp³-hybridized carbons (Fsp3) is 0.391. The lowest BCUT2D eigenvalue weighted by atomic mass is 10.2. The number of anilines is 1. The fourth-order valence-electron chi connectivity index (χ4n) is 3.39. The Hall–Kier alpha value is -2.04. The number of carbonyl (C=O) groups excluding carboxylic acids is 1. The summed E-state index contributed by atoms with van der Waals surface area (Å²) in [5.74, 6) is -0.192. The number of aromatic nitrogens is 1. The number of nitrogens with zero attached hydrogens (tertiary/aromatic N) is 4. The molecule has 0 fully saturated rings. The number of likely N-dealkylation sites (N-methyl/N-ethyl adjacent to an activating group) is 1. The first kappa shape index (κ1) is 27.2. The molecule has 1 amide bonds. The molecule has 180 valence electrons. The van der Waals surface area contributed by atoms with E-state index in [0.29, 0.717) is 17.2 Å². The Morgan fingerprint density at radius 2 is 1.64 bits per heavy atom. The average Bonchev–Trinajstić information content (AvgIpc) is 3.22. The number of halogens is 1. The van der Waals surface area contributed by atoms with Crippen LogP contribution < -0.4 is 4.90 Å². The molecule has 0 saturated heterocycles. The van der Waals surface area contributed by atoms with E-state index in [-0.39, 0.29) is 23.2 Å². The van der Waals surface area contributed by atoms with Gasteiger partial charge in [-0.15, -0.1) is 12.4 Å². The van der Waals surface area contributed by atoms with Crippen LogP contribution in [0.1, 0.15) is 29.8 Å². The molecule has 0 aliphatic carbocycles. The van der Waals surface area contributed by atoms with Gasteiger partial charge in [-0.2, -0.15) is 0 Å². The summed E-state index contributed by atoms with van der Waals surface area (Å²) in [5, 5.41) is 0.649. The number of para-hydroxylation sites is 1. The van der Waals surface area contributed by atoms with Gasteiger partial charge in [-0.3, -0.25) is 9.69 Å². The predicted molar refractivity (Wildman–Crippen MR) is 138 cm³/mol. The summed E-state index contributed by atoms with van der Waals surface area (Å²) in [4.78, 5) is 22.4. The van der Waals surface area contributed by atoms with Gasteiger partial charge >= 0.3 is 0 Å². The van der Waals surface area contributed by atoms with Gasteiger partial charge in [-0.25, -0.2) is 17.7 Å². The lowest BCUT2D eigenvalue weighted by Gasteiger charge is -2.25. The topological polar surface area (TPSA) is 73.8 Å². The van der Waals surface area contributed by atoms with Crippen molar-refractivity contribution in [3.05, 3.63) is 53.6 Å². The Bertz CT molecular complexity index is 1190. The van der Waals surface area contributed by atoms with Crippen molar-refractivity contribution >= 4 is 55.0 Å². The number of hydrogen-bond donors (Lipinski definition) is 0. The van der Waals surface area contributed by atoms with Gasteiger partial charge in [0.1, 0.15) is 0 Å². The van der Waals surface area contributed by atoms with E-state index in [1.165, 1.54) is 37.6 Å². The van der Waals surface area contributed by atoms with Gasteiger partial charge in [0.25, 0.3) is 5.91 Å². The monoisotopic (exact) mass is 510 g/mol. The molecule has 2 aromatic carbocycles. The summed E-state index contributed by atoms with van der Waals surface area (Å²) in [6, 6.07) is 12.1. The van der Waals surface area contributed by atoms with Crippen molar-refractivity contribution in [1.82, 2.24) is 14.2 Å². The van der Waals surface area contributed by atoms with Crippen molar-refractivity contribution in [1.29, 1.82) is 0 Å². The third kappa shape index (κ3) is 5.91. The van der Waals surface area contributed by atoms with Gasteiger partial charge in [0.2, 0.25) is 10.0 Å². The minimum atomic E-state index is -3.55. The summed E-state index contributed by atoms with van der Waals surface area (Å²) in [6.07, 6.45) is 0. The molecule has 33 heavy (non-hydrogen) atoms. The molecular formula is C23H31ClN4O3S2. The van der Waals surface area contributed by atoms with Crippen LogP contribution in [0.5, 0.6) is 0 Å². The van der Waals surface area contributed by atoms with E-state index in [0.717, 1.165) is 39.7 Å². The molecule has 0 atom stereocenters. The molecule has 3 aromatic rings. The third-order valence-corrected chi connectivity index (χ3v) is 8.37. The van der Waals surface area contributed by atoms with Crippen LogP contribution in [-0.4, -0.2) is 68.8 Å². The molecule has 0 bridgehead atoms. The summed E-state index contributed by atoms with van der Waals surface area (Å²) in [5.41, 5.74) is 2.40. The number of benzene rings is 2. The maximum Gasteiger partial charge on any atom is 0.260 e. The van der Waals surface area contributed by atoms with E-state index < -0.39 is 10.0 Å². The molecular weight excluding hydrogens is 480 g/mol. The lowest BCUT2D eigenvalue weighted by molar-refractivity contribution is 0.0983. The standard InChI is InChI=1S/C23H30N4O3S2.ClH/c1-6-26(7-2)15-16-27(23-24-21-17(3)9-8-10-20(21)31-23)22(28)18-11-13-19(14-12-18)32(29,30)25(4)5;/h8-14H,6-7,15-16H2,1-5H3;1H. The highest BCUT2D eigenvalue weighted by molar-refractivity contribution is 7.89. The molecule has 0 unspecified atom stereocenters. The highest BCUT2D eigenvalue weighted by atomic mass is 35.5. The van der Waals surface area contributed by atoms with E-state index in [9.17, 15) is 13.2 Å². The van der Waals surface area contributed by atoms with Gasteiger partial charge in [0.15, 0.2) is 5.13 Å². The van der Waals surface area contributed by atoms with Crippen LogP contribution in [-0.2, 0) is 10.0 Å². The SMILES string of the molecule is CCN(CC)CCN(C(=O)c1ccc(S(=O)(=O)N(C)C)cc1)c1nc2c(C)cccc2s1.Cl. The molecule has 0 spiro atoms. The normalized spacial score (nSPS) is 11.7. The van der Waals surface area contributed by atoms with Gasteiger partial charge in [-0.05, 0) is 55.9 Å². The summed E-state index contributed by atoms with van der Waals surface area (Å²) in [7, 11) is -0.581. The molecule has 1 heterocycles. The molecule has 0 aliphatic rings. The quantitative estimate of drug-likeness (QED) is 0.430. The zero-order chi connectivity index (χ0) is 23.5. The van der Waals surface area contributed by atoms with E-state index >= 15 is 0 Å². The number of thiazole rings is 1. The van der Waals surface area contributed by atoms with Crippen molar-refractivity contribution in [2.24, 2.45) is 0 Å². The zero-order valence-electron chi connectivity index (χ0n) is 19.6. The van der Waals surface area contributed by atoms with Crippen molar-refractivity contribution in [3.8, 4) is 0 Å². The molecule has 3 rings (SSSR count). The fourth-order valence-corrected chi connectivity index (χ4v) is 5.36. The van der Waals surface area contributed by atoms with Crippen LogP contribution in [0.4, 0.5) is 5.13 Å². The van der Waals surface area contributed by atoms with E-state index in [1.54, 1.807) is 17.0 Å². The van der Waals surface area contributed by atoms with Crippen LogP contribution in [0.15, 0.2) is 47.4 Å². The highest BCUT2D eigenvalue weighted by Crippen LogP contribution is 2.31. The van der Waals surface area contributed by atoms with Crippen molar-refractivity contribution in [2.75, 3.05) is 45.2 Å². The second kappa shape index (κ2) is 11.4. The van der Waals surface area contributed by atoms with Crippen molar-refractivity contribution in [2.45, 2.75) is 25.7 Å². The first-order chi connectivity index (χ1) is 15.2. The van der Waals surface area contributed by atoms with Crippen LogP contribution in [0.25, 0.3) is 10.2 Å². The predicted octanol–water partition coefficient (Wildman–Crippen LogP) is 4.27. The van der Waals surface area contributed by atoms with Gasteiger partial charge in [0.05, 0.1) is 15.1 Å². The Morgan fingerprint density at radius 3 is 2.18 bits per heavy atom. The Balaban J connectivity index is 0.00000385. The average molecular weight is 511 g/mol. The largest absolute Gasteiger partial charge is 0.302 e. The molecule has 0 radical (unpaired) electrons. The number of carbonyl (C=O) groups is 1. The van der Waals surface area contributed by atoms with E-state index in [1.807, 2.05) is 25.1 Å². The summed E-state index contributed by atoms with van der Waals surface area (Å²) >= 11 is 1.49. The second-order valence-electron chi connectivity index (χ2n) is 7.71. The number of rotatable bonds is 9. The second-order valence-corrected chi connectivity index (χ2v) is 10.9. The van der Waals surface area contributed by atoms with Crippen LogP contribution in [0.3, 0.4) is 0 Å². The van der Waals surface area contributed by atoms with Crippen LogP contribution in [0.2, 0.25) is 0 Å². The molecule has 0 saturated carbocycles. The lowest BCUT2D eigenvalue weighted by Crippen LogP contribution is -2.38. The van der Waals surface area contributed by atoms with Crippen molar-refractivity contribution in [3.63, 3.8) is 0 Å². The molecule has 0 aliphatic heterocycles. The number of hydrogen-bond acceptors (Lipinski definition) is 6. The maximum atomic E-state index is 13.5. The van der Waals surface area contributed by atoms with Gasteiger partial charge in [-0.1, -0.05) is 37.3 Å². The minimum absolute atomic E-state index is 0. The Morgan fingerprint density at radius 1 is 1.00 bits per heavy atom. The third-order valence-electron chi connectivity index (χ3n) is 5.50. The summed E-state index contributed by atoms with van der Waals surface area (Å²) in [6.45, 7) is 9.22. The number of aryl methyl sites for hydroxylation is 1. The zero-order valence-corrected chi connectivity index (χ0v) is 22.1. The Labute approximate surface area is 206 Å². The smallest absolute Gasteiger partial charge is 0.260 e. The van der Waals surface area contributed by atoms with Gasteiger partial charge < -0.3 is 4.90 Å². The number of amides is 1. The first-order valence-electron chi connectivity index (χ1n) is 10.6. The minimum Gasteiger partial charge on any atom is -0.302 e. The molecule has 1 aromatic heterocycles. The number of sulfonamides is 1. The van der Waals surface area contributed by atoms with Crippen molar-refractivity contribution < 1.29 is 13.2 Å². The van der Waals surface area contributed by atoms with E-state index in [2.05, 4.69) is 18.7 Å². The summed E-state index contributed by atoms with van der Waals surface area (Å²) < 4.78 is 26.9.